The van der Waals surface area contributed by atoms with Gasteiger partial charge in [0.15, 0.2) is 0 Å². The van der Waals surface area contributed by atoms with E-state index < -0.39 is 21.9 Å². The van der Waals surface area contributed by atoms with E-state index in [4.69, 9.17) is 11.6 Å². The number of urea groups is 1. The van der Waals surface area contributed by atoms with Crippen LogP contribution in [0.2, 0.25) is 5.02 Å². The summed E-state index contributed by atoms with van der Waals surface area (Å²) in [5, 5.41) is 5.61. The lowest BCUT2D eigenvalue weighted by Gasteiger charge is -2.13. The van der Waals surface area contributed by atoms with E-state index in [1.54, 1.807) is 31.2 Å². The van der Waals surface area contributed by atoms with Crippen molar-refractivity contribution in [3.63, 3.8) is 0 Å². The van der Waals surface area contributed by atoms with E-state index >= 15 is 0 Å². The minimum absolute atomic E-state index is 0.101. The topological polar surface area (TPSA) is 75.3 Å². The second-order valence-corrected chi connectivity index (χ2v) is 6.72. The van der Waals surface area contributed by atoms with Crippen LogP contribution in [0.1, 0.15) is 6.92 Å². The SMILES string of the molecule is CC(CS(C)(=O)=O)NC(=O)Nc1cccc(Cl)c1. The molecule has 1 aromatic rings. The van der Waals surface area contributed by atoms with Crippen molar-refractivity contribution in [2.75, 3.05) is 17.3 Å². The maximum Gasteiger partial charge on any atom is 0.319 e. The second kappa shape index (κ2) is 6.06. The Bertz CT molecular complexity index is 531. The van der Waals surface area contributed by atoms with Gasteiger partial charge in [-0.05, 0) is 25.1 Å². The van der Waals surface area contributed by atoms with Crippen molar-refractivity contribution < 1.29 is 13.2 Å². The molecule has 7 heteroatoms. The summed E-state index contributed by atoms with van der Waals surface area (Å²) in [4.78, 5) is 11.6. The van der Waals surface area contributed by atoms with Crippen LogP contribution in [0.15, 0.2) is 24.3 Å². The molecule has 18 heavy (non-hydrogen) atoms. The lowest BCUT2D eigenvalue weighted by molar-refractivity contribution is 0.250. The third-order valence-corrected chi connectivity index (χ3v) is 3.35. The van der Waals surface area contributed by atoms with E-state index in [2.05, 4.69) is 10.6 Å². The highest BCUT2D eigenvalue weighted by atomic mass is 35.5. The molecule has 0 aromatic heterocycles. The van der Waals surface area contributed by atoms with Crippen LogP contribution in [0.5, 0.6) is 0 Å². The fraction of sp³-hybridized carbons (Fsp3) is 0.364. The van der Waals surface area contributed by atoms with E-state index in [9.17, 15) is 13.2 Å². The van der Waals surface area contributed by atoms with Crippen LogP contribution in [-0.4, -0.2) is 32.5 Å². The first kappa shape index (κ1) is 14.8. The predicted octanol–water partition coefficient (Wildman–Crippen LogP) is 1.89. The highest BCUT2D eigenvalue weighted by Gasteiger charge is 2.13. The van der Waals surface area contributed by atoms with Crippen LogP contribution >= 0.6 is 11.6 Å². The summed E-state index contributed by atoms with van der Waals surface area (Å²) in [5.74, 6) is -0.101. The number of halogens is 1. The summed E-state index contributed by atoms with van der Waals surface area (Å²) >= 11 is 5.77. The van der Waals surface area contributed by atoms with Gasteiger partial charge in [-0.3, -0.25) is 0 Å². The number of rotatable bonds is 4. The number of anilines is 1. The van der Waals surface area contributed by atoms with Crippen molar-refractivity contribution in [1.82, 2.24) is 5.32 Å². The fourth-order valence-electron chi connectivity index (χ4n) is 1.45. The van der Waals surface area contributed by atoms with Crippen LogP contribution < -0.4 is 10.6 Å². The van der Waals surface area contributed by atoms with E-state index in [-0.39, 0.29) is 5.75 Å². The molecular weight excluding hydrogens is 276 g/mol. The van der Waals surface area contributed by atoms with Gasteiger partial charge in [-0.1, -0.05) is 17.7 Å². The van der Waals surface area contributed by atoms with Crippen molar-refractivity contribution in [2.45, 2.75) is 13.0 Å². The predicted molar refractivity (Wildman–Crippen MR) is 72.8 cm³/mol. The maximum absolute atomic E-state index is 11.6. The first-order valence-electron chi connectivity index (χ1n) is 5.27. The van der Waals surface area contributed by atoms with Crippen molar-refractivity contribution in [1.29, 1.82) is 0 Å². The molecule has 1 atom stereocenters. The summed E-state index contributed by atoms with van der Waals surface area (Å²) in [6.45, 7) is 1.62. The Morgan fingerprint density at radius 3 is 2.67 bits per heavy atom. The van der Waals surface area contributed by atoms with Gasteiger partial charge in [-0.25, -0.2) is 13.2 Å². The molecule has 5 nitrogen and oxygen atoms in total. The zero-order valence-corrected chi connectivity index (χ0v) is 11.7. The molecule has 1 rings (SSSR count). The van der Waals surface area contributed by atoms with Gasteiger partial charge in [-0.15, -0.1) is 0 Å². The third-order valence-electron chi connectivity index (χ3n) is 2.01. The molecule has 0 bridgehead atoms. The minimum Gasteiger partial charge on any atom is -0.334 e. The second-order valence-electron chi connectivity index (χ2n) is 4.10. The van der Waals surface area contributed by atoms with Crippen molar-refractivity contribution in [3.8, 4) is 0 Å². The highest BCUT2D eigenvalue weighted by Crippen LogP contribution is 2.14. The molecule has 1 unspecified atom stereocenters. The average Bonchev–Trinajstić information content (AvgIpc) is 2.13. The molecule has 0 spiro atoms. The van der Waals surface area contributed by atoms with Crippen molar-refractivity contribution >= 4 is 33.2 Å². The Morgan fingerprint density at radius 1 is 1.44 bits per heavy atom. The first-order valence-corrected chi connectivity index (χ1v) is 7.71. The van der Waals surface area contributed by atoms with Crippen molar-refractivity contribution in [3.05, 3.63) is 29.3 Å². The van der Waals surface area contributed by atoms with Gasteiger partial charge in [0, 0.05) is 23.0 Å². The molecule has 2 amide bonds. The Labute approximate surface area is 111 Å². The summed E-state index contributed by atoms with van der Waals surface area (Å²) in [6.07, 6.45) is 1.13. The van der Waals surface area contributed by atoms with Gasteiger partial charge in [0.1, 0.15) is 9.84 Å². The Kier molecular flexibility index (Phi) is 4.98. The fourth-order valence-corrected chi connectivity index (χ4v) is 2.63. The van der Waals surface area contributed by atoms with Gasteiger partial charge in [-0.2, -0.15) is 0 Å². The molecule has 0 aliphatic carbocycles. The van der Waals surface area contributed by atoms with Crippen LogP contribution in [0.3, 0.4) is 0 Å². The van der Waals surface area contributed by atoms with Crippen molar-refractivity contribution in [2.24, 2.45) is 0 Å². The van der Waals surface area contributed by atoms with Gasteiger partial charge in [0.25, 0.3) is 0 Å². The van der Waals surface area contributed by atoms with Crippen LogP contribution in [-0.2, 0) is 9.84 Å². The standard InChI is InChI=1S/C11H15ClN2O3S/c1-8(7-18(2,16)17)13-11(15)14-10-5-3-4-9(12)6-10/h3-6,8H,7H2,1-2H3,(H2,13,14,15). The van der Waals surface area contributed by atoms with E-state index in [1.165, 1.54) is 0 Å². The zero-order chi connectivity index (χ0) is 13.8. The van der Waals surface area contributed by atoms with E-state index in [0.29, 0.717) is 10.7 Å². The van der Waals surface area contributed by atoms with E-state index in [1.807, 2.05) is 0 Å². The van der Waals surface area contributed by atoms with Gasteiger partial charge >= 0.3 is 6.03 Å². The molecule has 0 heterocycles. The van der Waals surface area contributed by atoms with Gasteiger partial charge in [0.05, 0.1) is 5.75 Å². The lowest BCUT2D eigenvalue weighted by atomic mass is 10.3. The third kappa shape index (κ3) is 5.88. The number of carbonyl (C=O) groups is 1. The largest absolute Gasteiger partial charge is 0.334 e. The number of amides is 2. The quantitative estimate of drug-likeness (QED) is 0.889. The molecule has 0 saturated heterocycles. The molecule has 0 aliphatic heterocycles. The molecule has 0 fully saturated rings. The Balaban J connectivity index is 2.52. The molecule has 0 saturated carbocycles. The number of hydrogen-bond acceptors (Lipinski definition) is 3. The maximum atomic E-state index is 11.6. The smallest absolute Gasteiger partial charge is 0.319 e. The molecular formula is C11H15ClN2O3S. The number of hydrogen-bond donors (Lipinski definition) is 2. The molecule has 1 aromatic carbocycles. The van der Waals surface area contributed by atoms with Gasteiger partial charge in [0.2, 0.25) is 0 Å². The van der Waals surface area contributed by atoms with Crippen LogP contribution in [0, 0.1) is 0 Å². The number of sulfone groups is 1. The Morgan fingerprint density at radius 2 is 2.11 bits per heavy atom. The Hall–Kier alpha value is -1.27. The highest BCUT2D eigenvalue weighted by molar-refractivity contribution is 7.90. The summed E-state index contributed by atoms with van der Waals surface area (Å²) in [5.41, 5.74) is 0.548. The summed E-state index contributed by atoms with van der Waals surface area (Å²) in [6, 6.07) is 5.76. The molecule has 2 N–H and O–H groups in total. The van der Waals surface area contributed by atoms with Crippen LogP contribution in [0.4, 0.5) is 10.5 Å². The van der Waals surface area contributed by atoms with E-state index in [0.717, 1.165) is 6.26 Å². The average molecular weight is 291 g/mol. The molecule has 0 radical (unpaired) electrons. The first-order chi connectivity index (χ1) is 8.26. The molecule has 100 valence electrons. The molecule has 0 aliphatic rings. The normalized spacial score (nSPS) is 12.8. The summed E-state index contributed by atoms with van der Waals surface area (Å²) < 4.78 is 22.1. The van der Waals surface area contributed by atoms with Crippen LogP contribution in [0.25, 0.3) is 0 Å². The summed E-state index contributed by atoms with van der Waals surface area (Å²) in [7, 11) is -3.11. The minimum atomic E-state index is -3.11. The number of nitrogens with one attached hydrogen (secondary N) is 2. The number of carbonyl (C=O) groups excluding carboxylic acids is 1. The zero-order valence-electron chi connectivity index (χ0n) is 10.1. The van der Waals surface area contributed by atoms with Gasteiger partial charge < -0.3 is 10.6 Å². The number of benzene rings is 1. The monoisotopic (exact) mass is 290 g/mol. The lowest BCUT2D eigenvalue weighted by Crippen LogP contribution is -2.39.